The molecular weight excluding hydrogens is 390 g/mol. The van der Waals surface area contributed by atoms with Crippen molar-refractivity contribution in [3.05, 3.63) is 70.7 Å². The molecule has 1 aliphatic rings. The third-order valence-electron chi connectivity index (χ3n) is 5.67. The summed E-state index contributed by atoms with van der Waals surface area (Å²) in [5, 5.41) is 16.9. The van der Waals surface area contributed by atoms with Gasteiger partial charge in [-0.2, -0.15) is 16.6 Å². The SMILES string of the molecule is N#Cc1ccc(-c2nc3ccc(-c4ccsc4)cn3c2CN2CCCNCC2)cc1. The number of thiophene rings is 1. The molecule has 0 amide bonds. The van der Waals surface area contributed by atoms with Crippen molar-refractivity contribution in [2.24, 2.45) is 0 Å². The van der Waals surface area contributed by atoms with Gasteiger partial charge in [0.05, 0.1) is 23.0 Å². The highest BCUT2D eigenvalue weighted by molar-refractivity contribution is 7.08. The molecule has 0 bridgehead atoms. The smallest absolute Gasteiger partial charge is 0.137 e. The zero-order valence-corrected chi connectivity index (χ0v) is 17.5. The first-order valence-corrected chi connectivity index (χ1v) is 11.2. The number of aromatic nitrogens is 2. The first kappa shape index (κ1) is 19.0. The Bertz CT molecular complexity index is 1180. The quantitative estimate of drug-likeness (QED) is 0.539. The van der Waals surface area contributed by atoms with Crippen molar-refractivity contribution in [2.75, 3.05) is 26.2 Å². The molecule has 0 saturated carbocycles. The topological polar surface area (TPSA) is 56.4 Å². The van der Waals surface area contributed by atoms with Crippen molar-refractivity contribution in [3.8, 4) is 28.5 Å². The average Bonchev–Trinajstić information content (AvgIpc) is 3.36. The molecule has 0 atom stereocenters. The molecule has 1 saturated heterocycles. The van der Waals surface area contributed by atoms with Gasteiger partial charge in [-0.25, -0.2) is 4.98 Å². The summed E-state index contributed by atoms with van der Waals surface area (Å²) in [6.45, 7) is 5.06. The van der Waals surface area contributed by atoms with Gasteiger partial charge in [0.25, 0.3) is 0 Å². The van der Waals surface area contributed by atoms with Crippen LogP contribution in [0.3, 0.4) is 0 Å². The molecule has 4 aromatic rings. The van der Waals surface area contributed by atoms with Gasteiger partial charge in [-0.3, -0.25) is 4.90 Å². The fourth-order valence-electron chi connectivity index (χ4n) is 4.05. The fraction of sp³-hybridized carbons (Fsp3) is 0.250. The van der Waals surface area contributed by atoms with Gasteiger partial charge in [-0.1, -0.05) is 12.1 Å². The van der Waals surface area contributed by atoms with Crippen molar-refractivity contribution in [1.29, 1.82) is 5.26 Å². The largest absolute Gasteiger partial charge is 0.315 e. The van der Waals surface area contributed by atoms with Crippen LogP contribution in [0.25, 0.3) is 28.0 Å². The highest BCUT2D eigenvalue weighted by Gasteiger charge is 2.19. The summed E-state index contributed by atoms with van der Waals surface area (Å²) in [6.07, 6.45) is 3.37. The van der Waals surface area contributed by atoms with Gasteiger partial charge in [0.2, 0.25) is 0 Å². The van der Waals surface area contributed by atoms with Gasteiger partial charge in [0.1, 0.15) is 5.65 Å². The number of fused-ring (bicyclic) bond motifs is 1. The van der Waals surface area contributed by atoms with Crippen molar-refractivity contribution in [2.45, 2.75) is 13.0 Å². The number of nitriles is 1. The monoisotopic (exact) mass is 413 g/mol. The van der Waals surface area contributed by atoms with E-state index in [0.717, 1.165) is 56.0 Å². The summed E-state index contributed by atoms with van der Waals surface area (Å²) in [5.41, 5.74) is 7.32. The van der Waals surface area contributed by atoms with Crippen LogP contribution < -0.4 is 5.32 Å². The lowest BCUT2D eigenvalue weighted by molar-refractivity contribution is 0.281. The van der Waals surface area contributed by atoms with Crippen LogP contribution in [0.4, 0.5) is 0 Å². The zero-order chi connectivity index (χ0) is 20.3. The van der Waals surface area contributed by atoms with Crippen molar-refractivity contribution in [3.63, 3.8) is 0 Å². The summed E-state index contributed by atoms with van der Waals surface area (Å²) in [4.78, 5) is 7.50. The second-order valence-electron chi connectivity index (χ2n) is 7.63. The Balaban J connectivity index is 1.62. The highest BCUT2D eigenvalue weighted by Crippen LogP contribution is 2.29. The Labute approximate surface area is 180 Å². The van der Waals surface area contributed by atoms with E-state index in [2.05, 4.69) is 55.8 Å². The third kappa shape index (κ3) is 3.75. The molecule has 30 heavy (non-hydrogen) atoms. The van der Waals surface area contributed by atoms with Crippen LogP contribution in [-0.2, 0) is 6.54 Å². The number of hydrogen-bond acceptors (Lipinski definition) is 5. The predicted octanol–water partition coefficient (Wildman–Crippen LogP) is 4.40. The maximum absolute atomic E-state index is 9.15. The molecule has 5 nitrogen and oxygen atoms in total. The average molecular weight is 414 g/mol. The Kier molecular flexibility index (Phi) is 5.33. The molecule has 3 aromatic heterocycles. The number of nitrogens with one attached hydrogen (secondary N) is 1. The molecule has 5 rings (SSSR count). The number of hydrogen-bond donors (Lipinski definition) is 1. The first-order chi connectivity index (χ1) is 14.8. The van der Waals surface area contributed by atoms with Gasteiger partial charge in [-0.05, 0) is 71.7 Å². The molecule has 1 fully saturated rings. The Morgan fingerprint density at radius 3 is 2.67 bits per heavy atom. The minimum Gasteiger partial charge on any atom is -0.315 e. The van der Waals surface area contributed by atoms with Crippen LogP contribution >= 0.6 is 11.3 Å². The van der Waals surface area contributed by atoms with Crippen LogP contribution in [0.1, 0.15) is 17.7 Å². The Hall–Kier alpha value is -2.98. The molecule has 1 aromatic carbocycles. The van der Waals surface area contributed by atoms with Crippen molar-refractivity contribution < 1.29 is 0 Å². The second kappa shape index (κ2) is 8.41. The number of rotatable bonds is 4. The molecule has 4 heterocycles. The molecular formula is C24H23N5S. The summed E-state index contributed by atoms with van der Waals surface area (Å²) in [7, 11) is 0. The lowest BCUT2D eigenvalue weighted by Gasteiger charge is -2.20. The summed E-state index contributed by atoms with van der Waals surface area (Å²) >= 11 is 1.71. The van der Waals surface area contributed by atoms with E-state index in [1.54, 1.807) is 11.3 Å². The summed E-state index contributed by atoms with van der Waals surface area (Å²) < 4.78 is 2.25. The molecule has 0 unspecified atom stereocenters. The standard InChI is InChI=1S/C24H23N5S/c25-14-18-2-4-19(5-3-18)24-22(16-28-11-1-9-26-10-12-28)29-15-20(6-7-23(29)27-24)21-8-13-30-17-21/h2-8,13,15,17,26H,1,9-12,16H2. The highest BCUT2D eigenvalue weighted by atomic mass is 32.1. The summed E-state index contributed by atoms with van der Waals surface area (Å²) in [6, 6.07) is 16.4. The predicted molar refractivity (Wildman–Crippen MR) is 121 cm³/mol. The van der Waals surface area contributed by atoms with E-state index in [1.807, 2.05) is 24.3 Å². The normalized spacial score (nSPS) is 15.2. The first-order valence-electron chi connectivity index (χ1n) is 10.3. The molecule has 0 spiro atoms. The molecule has 0 aliphatic carbocycles. The maximum atomic E-state index is 9.15. The van der Waals surface area contributed by atoms with E-state index in [4.69, 9.17) is 10.2 Å². The minimum atomic E-state index is 0.669. The molecule has 1 aliphatic heterocycles. The summed E-state index contributed by atoms with van der Waals surface area (Å²) in [5.74, 6) is 0. The fourth-order valence-corrected chi connectivity index (χ4v) is 4.71. The van der Waals surface area contributed by atoms with Gasteiger partial charge in [0.15, 0.2) is 0 Å². The molecule has 1 N–H and O–H groups in total. The molecule has 6 heteroatoms. The van der Waals surface area contributed by atoms with Crippen molar-refractivity contribution in [1.82, 2.24) is 19.6 Å². The number of benzene rings is 1. The lowest BCUT2D eigenvalue weighted by atomic mass is 10.1. The van der Waals surface area contributed by atoms with E-state index >= 15 is 0 Å². The number of nitrogens with zero attached hydrogens (tertiary/aromatic N) is 4. The Morgan fingerprint density at radius 2 is 1.87 bits per heavy atom. The van der Waals surface area contributed by atoms with Crippen LogP contribution in [-0.4, -0.2) is 40.5 Å². The molecule has 0 radical (unpaired) electrons. The van der Waals surface area contributed by atoms with Gasteiger partial charge >= 0.3 is 0 Å². The van der Waals surface area contributed by atoms with Gasteiger partial charge in [0, 0.05) is 31.4 Å². The van der Waals surface area contributed by atoms with Crippen LogP contribution in [0.15, 0.2) is 59.4 Å². The van der Waals surface area contributed by atoms with E-state index in [-0.39, 0.29) is 0 Å². The van der Waals surface area contributed by atoms with Gasteiger partial charge in [-0.15, -0.1) is 0 Å². The van der Waals surface area contributed by atoms with E-state index in [1.165, 1.54) is 16.8 Å². The van der Waals surface area contributed by atoms with Gasteiger partial charge < -0.3 is 9.72 Å². The van der Waals surface area contributed by atoms with E-state index in [0.29, 0.717) is 5.56 Å². The van der Waals surface area contributed by atoms with Crippen LogP contribution in [0.2, 0.25) is 0 Å². The van der Waals surface area contributed by atoms with Crippen LogP contribution in [0, 0.1) is 11.3 Å². The van der Waals surface area contributed by atoms with E-state index < -0.39 is 0 Å². The zero-order valence-electron chi connectivity index (χ0n) is 16.7. The third-order valence-corrected chi connectivity index (χ3v) is 6.35. The number of pyridine rings is 1. The minimum absolute atomic E-state index is 0.669. The van der Waals surface area contributed by atoms with Crippen LogP contribution in [0.5, 0.6) is 0 Å². The van der Waals surface area contributed by atoms with Crippen molar-refractivity contribution >= 4 is 17.0 Å². The molecule has 150 valence electrons. The lowest BCUT2D eigenvalue weighted by Crippen LogP contribution is -2.28. The Morgan fingerprint density at radius 1 is 1.00 bits per heavy atom. The number of imidazole rings is 1. The second-order valence-corrected chi connectivity index (χ2v) is 8.41. The van der Waals surface area contributed by atoms with E-state index in [9.17, 15) is 0 Å². The maximum Gasteiger partial charge on any atom is 0.137 e.